The molecule has 1 aliphatic carbocycles. The van der Waals surface area contributed by atoms with Crippen LogP contribution in [0.4, 0.5) is 0 Å². The van der Waals surface area contributed by atoms with Crippen LogP contribution >= 0.6 is 0 Å². The summed E-state index contributed by atoms with van der Waals surface area (Å²) in [7, 11) is 0. The first-order chi connectivity index (χ1) is 11.3. The molecule has 2 atom stereocenters. The number of aryl methyl sites for hydroxylation is 1. The number of hydrogen-bond donors (Lipinski definition) is 0. The number of hydrogen-bond acceptors (Lipinski definition) is 2. The van der Waals surface area contributed by atoms with E-state index >= 15 is 0 Å². The first kappa shape index (κ1) is 17.9. The smallest absolute Gasteiger partial charge is 0.0740 e. The Bertz CT molecular complexity index is 539. The van der Waals surface area contributed by atoms with Crippen LogP contribution in [0.2, 0.25) is 0 Å². The Labute approximate surface area is 142 Å². The quantitative estimate of drug-likeness (QED) is 0.636. The van der Waals surface area contributed by atoms with E-state index in [1.54, 1.807) is 0 Å². The van der Waals surface area contributed by atoms with Crippen molar-refractivity contribution in [2.45, 2.75) is 72.6 Å². The molecule has 0 amide bonds. The third-order valence-electron chi connectivity index (χ3n) is 5.13. The highest BCUT2D eigenvalue weighted by atomic mass is 15.2. The van der Waals surface area contributed by atoms with Crippen molar-refractivity contribution in [1.29, 1.82) is 0 Å². The second kappa shape index (κ2) is 9.00. The van der Waals surface area contributed by atoms with E-state index in [1.807, 2.05) is 13.8 Å². The van der Waals surface area contributed by atoms with Crippen LogP contribution in [0, 0.1) is 11.8 Å². The summed E-state index contributed by atoms with van der Waals surface area (Å²) in [5, 5.41) is 9.09. The maximum Gasteiger partial charge on any atom is 0.0740 e. The van der Waals surface area contributed by atoms with Crippen LogP contribution in [-0.4, -0.2) is 11.4 Å². The van der Waals surface area contributed by atoms with Gasteiger partial charge in [-0.15, -0.1) is 0 Å². The topological polar surface area (TPSA) is 24.7 Å². The average Bonchev–Trinajstić information content (AvgIpc) is 2.58. The lowest BCUT2D eigenvalue weighted by molar-refractivity contribution is 0.390. The fraction of sp³-hybridized carbons (Fsp3) is 0.619. The molecule has 2 aliphatic rings. The van der Waals surface area contributed by atoms with Crippen molar-refractivity contribution in [3.8, 4) is 0 Å². The highest BCUT2D eigenvalue weighted by molar-refractivity contribution is 6.06. The maximum absolute atomic E-state index is 4.60. The van der Waals surface area contributed by atoms with Crippen LogP contribution in [0.5, 0.6) is 0 Å². The molecular formula is C21H32N2. The van der Waals surface area contributed by atoms with E-state index in [1.165, 1.54) is 61.1 Å². The second-order valence-corrected chi connectivity index (χ2v) is 6.48. The molecule has 0 N–H and O–H groups in total. The molecule has 0 bridgehead atoms. The Hall–Kier alpha value is -1.44. The Kier molecular flexibility index (Phi) is 7.01. The molecule has 1 aromatic rings. The van der Waals surface area contributed by atoms with E-state index in [0.717, 1.165) is 6.42 Å². The Morgan fingerprint density at radius 3 is 2.09 bits per heavy atom. The monoisotopic (exact) mass is 312 g/mol. The highest BCUT2D eigenvalue weighted by Gasteiger charge is 2.32. The summed E-state index contributed by atoms with van der Waals surface area (Å²) in [6, 6.07) is 8.95. The Morgan fingerprint density at radius 2 is 1.48 bits per heavy atom. The van der Waals surface area contributed by atoms with Gasteiger partial charge >= 0.3 is 0 Å². The maximum atomic E-state index is 4.60. The third kappa shape index (κ3) is 4.31. The van der Waals surface area contributed by atoms with Crippen LogP contribution in [-0.2, 0) is 6.42 Å². The lowest BCUT2D eigenvalue weighted by atomic mass is 9.74. The molecule has 0 saturated heterocycles. The fourth-order valence-corrected chi connectivity index (χ4v) is 3.78. The summed E-state index contributed by atoms with van der Waals surface area (Å²) in [6.45, 7) is 8.37. The zero-order chi connectivity index (χ0) is 16.7. The zero-order valence-electron chi connectivity index (χ0n) is 15.3. The van der Waals surface area contributed by atoms with Crippen LogP contribution in [0.15, 0.2) is 34.5 Å². The first-order valence-corrected chi connectivity index (χ1v) is 9.51. The zero-order valence-corrected chi connectivity index (χ0v) is 15.3. The van der Waals surface area contributed by atoms with Gasteiger partial charge in [0.05, 0.1) is 5.71 Å². The molecule has 1 saturated carbocycles. The molecule has 2 heteroatoms. The number of nitrogens with zero attached hydrogens (tertiary/aromatic N) is 2. The van der Waals surface area contributed by atoms with Gasteiger partial charge in [-0.25, -0.2) is 0 Å². The first-order valence-electron chi connectivity index (χ1n) is 9.51. The predicted octanol–water partition coefficient (Wildman–Crippen LogP) is 6.04. The molecule has 23 heavy (non-hydrogen) atoms. The van der Waals surface area contributed by atoms with Gasteiger partial charge in [0.15, 0.2) is 0 Å². The van der Waals surface area contributed by atoms with Crippen molar-refractivity contribution in [3.63, 3.8) is 0 Å². The summed E-state index contributed by atoms with van der Waals surface area (Å²) in [5.74, 6) is 1.19. The standard InChI is InChI=1S/C19H26N2.C2H6/c1-3-15-10-12-16(13-11-15)19-18-9-7-5-4-6-8-17(18)14(2)20-21-19;1-2/h10-13,17-18H,3-9H2,1-2H3;1-2H3. The molecule has 1 fully saturated rings. The van der Waals surface area contributed by atoms with E-state index in [-0.39, 0.29) is 0 Å². The highest BCUT2D eigenvalue weighted by Crippen LogP contribution is 2.34. The normalized spacial score (nSPS) is 24.2. The van der Waals surface area contributed by atoms with Crippen molar-refractivity contribution in [2.24, 2.45) is 22.0 Å². The molecule has 126 valence electrons. The second-order valence-electron chi connectivity index (χ2n) is 6.48. The number of benzene rings is 1. The number of rotatable bonds is 2. The summed E-state index contributed by atoms with van der Waals surface area (Å²) < 4.78 is 0. The molecule has 0 radical (unpaired) electrons. The van der Waals surface area contributed by atoms with Gasteiger partial charge in [0.25, 0.3) is 0 Å². The fourth-order valence-electron chi connectivity index (χ4n) is 3.78. The predicted molar refractivity (Wildman–Crippen MR) is 101 cm³/mol. The molecule has 2 unspecified atom stereocenters. The van der Waals surface area contributed by atoms with Gasteiger partial charge in [-0.05, 0) is 37.3 Å². The largest absolute Gasteiger partial charge is 0.160 e. The molecule has 0 aromatic heterocycles. The van der Waals surface area contributed by atoms with Gasteiger partial charge in [-0.2, -0.15) is 10.2 Å². The summed E-state index contributed by atoms with van der Waals surface area (Å²) in [4.78, 5) is 0. The van der Waals surface area contributed by atoms with Crippen LogP contribution < -0.4 is 0 Å². The van der Waals surface area contributed by atoms with Crippen molar-refractivity contribution in [1.82, 2.24) is 0 Å². The summed E-state index contributed by atoms with van der Waals surface area (Å²) >= 11 is 0. The van der Waals surface area contributed by atoms with Crippen LogP contribution in [0.3, 0.4) is 0 Å². The Morgan fingerprint density at radius 1 is 0.870 bits per heavy atom. The molecule has 1 heterocycles. The van der Waals surface area contributed by atoms with E-state index in [0.29, 0.717) is 11.8 Å². The lowest BCUT2D eigenvalue weighted by Crippen LogP contribution is -2.33. The van der Waals surface area contributed by atoms with Gasteiger partial charge in [0, 0.05) is 17.5 Å². The molecule has 0 spiro atoms. The van der Waals surface area contributed by atoms with Crippen molar-refractivity contribution in [2.75, 3.05) is 0 Å². The molecule has 2 nitrogen and oxygen atoms in total. The van der Waals surface area contributed by atoms with E-state index in [9.17, 15) is 0 Å². The molecule has 3 rings (SSSR count). The van der Waals surface area contributed by atoms with Gasteiger partial charge < -0.3 is 0 Å². The minimum Gasteiger partial charge on any atom is -0.160 e. The van der Waals surface area contributed by atoms with E-state index in [2.05, 4.69) is 48.3 Å². The summed E-state index contributed by atoms with van der Waals surface area (Å²) in [5.41, 5.74) is 5.15. The molecular weight excluding hydrogens is 280 g/mol. The SMILES string of the molecule is CC.CCc1ccc(C2=NN=C(C)C3CCCCCCC23)cc1. The van der Waals surface area contributed by atoms with E-state index < -0.39 is 0 Å². The summed E-state index contributed by atoms with van der Waals surface area (Å²) in [6.07, 6.45) is 9.08. The lowest BCUT2D eigenvalue weighted by Gasteiger charge is -2.32. The number of fused-ring (bicyclic) bond motifs is 1. The van der Waals surface area contributed by atoms with Gasteiger partial charge in [-0.1, -0.05) is 70.7 Å². The van der Waals surface area contributed by atoms with Crippen molar-refractivity contribution >= 4 is 11.4 Å². The molecule has 1 aromatic carbocycles. The Balaban J connectivity index is 0.000000924. The van der Waals surface area contributed by atoms with Gasteiger partial charge in [0.1, 0.15) is 0 Å². The third-order valence-corrected chi connectivity index (χ3v) is 5.13. The van der Waals surface area contributed by atoms with Crippen molar-refractivity contribution < 1.29 is 0 Å². The van der Waals surface area contributed by atoms with E-state index in [4.69, 9.17) is 0 Å². The van der Waals surface area contributed by atoms with Gasteiger partial charge in [-0.3, -0.25) is 0 Å². The molecule has 1 aliphatic heterocycles. The van der Waals surface area contributed by atoms with Gasteiger partial charge in [0.2, 0.25) is 0 Å². The van der Waals surface area contributed by atoms with Crippen molar-refractivity contribution in [3.05, 3.63) is 35.4 Å². The average molecular weight is 313 g/mol. The minimum absolute atomic E-state index is 0.579. The van der Waals surface area contributed by atoms with Crippen LogP contribution in [0.25, 0.3) is 0 Å². The minimum atomic E-state index is 0.579. The van der Waals surface area contributed by atoms with Crippen LogP contribution in [0.1, 0.15) is 77.3 Å².